The first kappa shape index (κ1) is 14.4. The number of hydrogen-bond donors (Lipinski definition) is 2. The van der Waals surface area contributed by atoms with Gasteiger partial charge in [0.05, 0.1) is 22.6 Å². The van der Waals surface area contributed by atoms with Crippen LogP contribution in [0.3, 0.4) is 0 Å². The number of benzene rings is 1. The van der Waals surface area contributed by atoms with Crippen molar-refractivity contribution in [2.24, 2.45) is 0 Å². The number of halogens is 2. The molecule has 0 atom stereocenters. The van der Waals surface area contributed by atoms with Crippen LogP contribution in [0, 0.1) is 0 Å². The fourth-order valence-electron chi connectivity index (χ4n) is 2.52. The Morgan fingerprint density at radius 3 is 2.42 bits per heavy atom. The molecule has 4 nitrogen and oxygen atoms in total. The van der Waals surface area contributed by atoms with Gasteiger partial charge in [0.25, 0.3) is 0 Å². The Balaban J connectivity index is 2.59. The topological polar surface area (TPSA) is 58.6 Å². The van der Waals surface area contributed by atoms with E-state index in [1.807, 2.05) is 0 Å². The standard InChI is InChI=1S/C13H15Cl2NO3/c1-19-11-7-10(15)9(14)6-8(11)13(12(17)18)2-4-16-5-3-13/h6-7,16H,2-5H2,1H3,(H,17,18). The van der Waals surface area contributed by atoms with Crippen LogP contribution in [0.4, 0.5) is 0 Å². The minimum Gasteiger partial charge on any atom is -0.496 e. The summed E-state index contributed by atoms with van der Waals surface area (Å²) < 4.78 is 5.28. The van der Waals surface area contributed by atoms with Crippen molar-refractivity contribution in [2.45, 2.75) is 18.3 Å². The van der Waals surface area contributed by atoms with E-state index >= 15 is 0 Å². The second-order valence-electron chi connectivity index (χ2n) is 4.60. The van der Waals surface area contributed by atoms with Gasteiger partial charge in [-0.25, -0.2) is 0 Å². The lowest BCUT2D eigenvalue weighted by Gasteiger charge is -2.35. The van der Waals surface area contributed by atoms with E-state index in [1.165, 1.54) is 7.11 Å². The summed E-state index contributed by atoms with van der Waals surface area (Å²) in [4.78, 5) is 11.8. The molecule has 1 saturated heterocycles. The second-order valence-corrected chi connectivity index (χ2v) is 5.42. The smallest absolute Gasteiger partial charge is 0.314 e. The van der Waals surface area contributed by atoms with Crippen molar-refractivity contribution in [3.8, 4) is 5.75 Å². The summed E-state index contributed by atoms with van der Waals surface area (Å²) in [6.07, 6.45) is 0.993. The third-order valence-corrected chi connectivity index (χ3v) is 4.35. The van der Waals surface area contributed by atoms with Gasteiger partial charge in [-0.2, -0.15) is 0 Å². The third kappa shape index (κ3) is 2.53. The summed E-state index contributed by atoms with van der Waals surface area (Å²) in [5.41, 5.74) is -0.372. The van der Waals surface area contributed by atoms with E-state index < -0.39 is 11.4 Å². The number of carbonyl (C=O) groups is 1. The zero-order valence-electron chi connectivity index (χ0n) is 10.5. The number of carboxylic acids is 1. The maximum Gasteiger partial charge on any atom is 0.314 e. The molecule has 1 heterocycles. The van der Waals surface area contributed by atoms with Gasteiger partial charge in [-0.05, 0) is 32.0 Å². The third-order valence-electron chi connectivity index (χ3n) is 3.62. The first-order valence-corrected chi connectivity index (χ1v) is 6.74. The van der Waals surface area contributed by atoms with E-state index in [0.29, 0.717) is 47.3 Å². The molecule has 1 aliphatic heterocycles. The van der Waals surface area contributed by atoms with Crippen LogP contribution < -0.4 is 10.1 Å². The lowest BCUT2D eigenvalue weighted by Crippen LogP contribution is -2.45. The summed E-state index contributed by atoms with van der Waals surface area (Å²) in [6.45, 7) is 1.30. The lowest BCUT2D eigenvalue weighted by molar-refractivity contribution is -0.145. The Morgan fingerprint density at radius 1 is 1.32 bits per heavy atom. The predicted octanol–water partition coefficient (Wildman–Crippen LogP) is 2.71. The minimum atomic E-state index is -0.967. The Bertz CT molecular complexity index is 499. The Hall–Kier alpha value is -0.970. The fourth-order valence-corrected chi connectivity index (χ4v) is 2.84. The molecular formula is C13H15Cl2NO3. The van der Waals surface area contributed by atoms with Crippen LogP contribution in [0.25, 0.3) is 0 Å². The van der Waals surface area contributed by atoms with Crippen LogP contribution in [0.15, 0.2) is 12.1 Å². The molecule has 0 radical (unpaired) electrons. The maximum absolute atomic E-state index is 11.8. The number of hydrogen-bond acceptors (Lipinski definition) is 3. The van der Waals surface area contributed by atoms with Gasteiger partial charge >= 0.3 is 5.97 Å². The molecule has 1 aromatic carbocycles. The summed E-state index contributed by atoms with van der Waals surface area (Å²) in [5.74, 6) is -0.385. The molecule has 1 fully saturated rings. The Morgan fingerprint density at radius 2 is 1.89 bits per heavy atom. The Labute approximate surface area is 121 Å². The zero-order chi connectivity index (χ0) is 14.0. The van der Waals surface area contributed by atoms with Crippen molar-refractivity contribution in [1.82, 2.24) is 5.32 Å². The van der Waals surface area contributed by atoms with Gasteiger partial charge in [0.15, 0.2) is 0 Å². The predicted molar refractivity (Wildman–Crippen MR) is 74.4 cm³/mol. The minimum absolute atomic E-state index is 0.344. The molecular weight excluding hydrogens is 289 g/mol. The van der Waals surface area contributed by atoms with Crippen LogP contribution in [0.1, 0.15) is 18.4 Å². The van der Waals surface area contributed by atoms with Gasteiger partial charge in [-0.15, -0.1) is 0 Å². The normalized spacial score (nSPS) is 18.1. The number of nitrogens with one attached hydrogen (secondary N) is 1. The van der Waals surface area contributed by atoms with E-state index in [9.17, 15) is 9.90 Å². The highest BCUT2D eigenvalue weighted by molar-refractivity contribution is 6.42. The number of methoxy groups -OCH3 is 1. The van der Waals surface area contributed by atoms with Crippen molar-refractivity contribution in [3.63, 3.8) is 0 Å². The first-order valence-electron chi connectivity index (χ1n) is 5.99. The van der Waals surface area contributed by atoms with Crippen molar-refractivity contribution >= 4 is 29.2 Å². The number of piperidine rings is 1. The molecule has 1 aromatic rings. The molecule has 0 unspecified atom stereocenters. The number of aliphatic carboxylic acids is 1. The molecule has 19 heavy (non-hydrogen) atoms. The molecule has 0 spiro atoms. The maximum atomic E-state index is 11.8. The van der Waals surface area contributed by atoms with E-state index in [2.05, 4.69) is 5.32 Å². The summed E-state index contributed by atoms with van der Waals surface area (Å²) in [6, 6.07) is 3.19. The average molecular weight is 304 g/mol. The Kier molecular flexibility index (Phi) is 4.23. The summed E-state index contributed by atoms with van der Waals surface area (Å²) >= 11 is 12.0. The summed E-state index contributed by atoms with van der Waals surface area (Å²) in [7, 11) is 1.50. The van der Waals surface area contributed by atoms with Gasteiger partial charge in [0.2, 0.25) is 0 Å². The average Bonchev–Trinajstić information content (AvgIpc) is 2.42. The van der Waals surface area contributed by atoms with Crippen molar-refractivity contribution in [3.05, 3.63) is 27.7 Å². The van der Waals surface area contributed by atoms with Crippen LogP contribution in [0.5, 0.6) is 5.75 Å². The van der Waals surface area contributed by atoms with Crippen LogP contribution in [-0.4, -0.2) is 31.3 Å². The van der Waals surface area contributed by atoms with E-state index in [4.69, 9.17) is 27.9 Å². The van der Waals surface area contributed by atoms with Crippen LogP contribution in [-0.2, 0) is 10.2 Å². The molecule has 2 rings (SSSR count). The molecule has 0 amide bonds. The van der Waals surface area contributed by atoms with Crippen molar-refractivity contribution < 1.29 is 14.6 Å². The highest BCUT2D eigenvalue weighted by atomic mass is 35.5. The largest absolute Gasteiger partial charge is 0.496 e. The number of ether oxygens (including phenoxy) is 1. The first-order chi connectivity index (χ1) is 9.01. The van der Waals surface area contributed by atoms with Gasteiger partial charge in [-0.1, -0.05) is 23.2 Å². The molecule has 0 aromatic heterocycles. The monoisotopic (exact) mass is 303 g/mol. The zero-order valence-corrected chi connectivity index (χ0v) is 12.0. The van der Waals surface area contributed by atoms with Gasteiger partial charge in [0, 0.05) is 11.6 Å². The quantitative estimate of drug-likeness (QED) is 0.901. The second kappa shape index (κ2) is 5.57. The molecule has 104 valence electrons. The number of carboxylic acid groups (broad SMARTS) is 1. The summed E-state index contributed by atoms with van der Waals surface area (Å²) in [5, 5.41) is 13.5. The molecule has 0 bridgehead atoms. The SMILES string of the molecule is COc1cc(Cl)c(Cl)cc1C1(C(=O)O)CCNCC1. The molecule has 6 heteroatoms. The highest BCUT2D eigenvalue weighted by Gasteiger charge is 2.43. The van der Waals surface area contributed by atoms with Gasteiger partial charge < -0.3 is 15.2 Å². The molecule has 2 N–H and O–H groups in total. The van der Waals surface area contributed by atoms with Gasteiger partial charge in [0.1, 0.15) is 5.75 Å². The highest BCUT2D eigenvalue weighted by Crippen LogP contribution is 2.42. The lowest BCUT2D eigenvalue weighted by atomic mass is 9.73. The van der Waals surface area contributed by atoms with Crippen LogP contribution in [0.2, 0.25) is 10.0 Å². The van der Waals surface area contributed by atoms with Crippen molar-refractivity contribution in [1.29, 1.82) is 0 Å². The molecule has 0 aliphatic carbocycles. The van der Waals surface area contributed by atoms with E-state index in [1.54, 1.807) is 12.1 Å². The number of rotatable bonds is 3. The van der Waals surface area contributed by atoms with Crippen LogP contribution >= 0.6 is 23.2 Å². The van der Waals surface area contributed by atoms with E-state index in [0.717, 1.165) is 0 Å². The van der Waals surface area contributed by atoms with E-state index in [-0.39, 0.29) is 0 Å². The fraction of sp³-hybridized carbons (Fsp3) is 0.462. The molecule has 0 saturated carbocycles. The van der Waals surface area contributed by atoms with Crippen molar-refractivity contribution in [2.75, 3.05) is 20.2 Å². The van der Waals surface area contributed by atoms with Gasteiger partial charge in [-0.3, -0.25) is 4.79 Å². The molecule has 1 aliphatic rings.